The van der Waals surface area contributed by atoms with Gasteiger partial charge in [0.05, 0.1) is 4.92 Å². The number of benzene rings is 1. The van der Waals surface area contributed by atoms with E-state index in [0.29, 0.717) is 11.6 Å². The van der Waals surface area contributed by atoms with Gasteiger partial charge in [0, 0.05) is 23.4 Å². The monoisotopic (exact) mass is 222 g/mol. The molecule has 0 radical (unpaired) electrons. The first kappa shape index (κ1) is 12.5. The fourth-order valence-electron chi connectivity index (χ4n) is 1.75. The first-order chi connectivity index (χ1) is 7.56. The van der Waals surface area contributed by atoms with Crippen LogP contribution in [-0.2, 0) is 0 Å². The van der Waals surface area contributed by atoms with Gasteiger partial charge in [-0.15, -0.1) is 0 Å². The van der Waals surface area contributed by atoms with Crippen LogP contribution in [0.3, 0.4) is 0 Å². The fraction of sp³-hybridized carbons (Fsp3) is 0.500. The third-order valence-corrected chi connectivity index (χ3v) is 2.63. The normalized spacial score (nSPS) is 12.2. The molecular formula is C12H18N2O2. The molecule has 88 valence electrons. The molecule has 0 aliphatic rings. The van der Waals surface area contributed by atoms with Gasteiger partial charge in [-0.3, -0.25) is 10.1 Å². The van der Waals surface area contributed by atoms with E-state index in [0.717, 1.165) is 18.5 Å². The van der Waals surface area contributed by atoms with E-state index in [2.05, 4.69) is 19.2 Å². The number of nitrogens with zero attached hydrogens (tertiary/aromatic N) is 1. The Hall–Kier alpha value is -1.58. The lowest BCUT2D eigenvalue weighted by Gasteiger charge is -2.15. The SMILES string of the molecule is CCCC(C)Nc1cccc([N+](=O)[O-])c1C. The van der Waals surface area contributed by atoms with Gasteiger partial charge in [0.2, 0.25) is 0 Å². The van der Waals surface area contributed by atoms with E-state index in [1.54, 1.807) is 13.0 Å². The average molecular weight is 222 g/mol. The highest BCUT2D eigenvalue weighted by molar-refractivity contribution is 5.60. The van der Waals surface area contributed by atoms with Crippen molar-refractivity contribution in [3.8, 4) is 0 Å². The molecule has 4 heteroatoms. The predicted molar refractivity (Wildman–Crippen MR) is 65.8 cm³/mol. The molecule has 1 rings (SSSR count). The van der Waals surface area contributed by atoms with E-state index in [1.165, 1.54) is 6.07 Å². The van der Waals surface area contributed by atoms with Crippen LogP contribution in [0.2, 0.25) is 0 Å². The van der Waals surface area contributed by atoms with Crippen LogP contribution in [0.15, 0.2) is 18.2 Å². The van der Waals surface area contributed by atoms with Gasteiger partial charge in [0.1, 0.15) is 0 Å². The van der Waals surface area contributed by atoms with E-state index in [1.807, 2.05) is 6.07 Å². The van der Waals surface area contributed by atoms with Crippen LogP contribution < -0.4 is 5.32 Å². The molecule has 1 unspecified atom stereocenters. The van der Waals surface area contributed by atoms with Crippen molar-refractivity contribution < 1.29 is 4.92 Å². The molecule has 0 saturated carbocycles. The molecule has 16 heavy (non-hydrogen) atoms. The van der Waals surface area contributed by atoms with Crippen molar-refractivity contribution in [2.45, 2.75) is 39.7 Å². The summed E-state index contributed by atoms with van der Waals surface area (Å²) in [5.74, 6) is 0. The molecule has 1 N–H and O–H groups in total. The van der Waals surface area contributed by atoms with Crippen molar-refractivity contribution in [3.05, 3.63) is 33.9 Å². The third kappa shape index (κ3) is 2.95. The number of rotatable bonds is 5. The van der Waals surface area contributed by atoms with Crippen molar-refractivity contribution in [1.29, 1.82) is 0 Å². The van der Waals surface area contributed by atoms with Gasteiger partial charge < -0.3 is 5.32 Å². The zero-order chi connectivity index (χ0) is 12.1. The Bertz CT molecular complexity index is 377. The third-order valence-electron chi connectivity index (χ3n) is 2.63. The summed E-state index contributed by atoms with van der Waals surface area (Å²) in [7, 11) is 0. The van der Waals surface area contributed by atoms with Crippen LogP contribution in [0.1, 0.15) is 32.3 Å². The predicted octanol–water partition coefficient (Wildman–Crippen LogP) is 3.50. The molecule has 0 amide bonds. The fourth-order valence-corrected chi connectivity index (χ4v) is 1.75. The van der Waals surface area contributed by atoms with Crippen LogP contribution in [-0.4, -0.2) is 11.0 Å². The van der Waals surface area contributed by atoms with Crippen molar-refractivity contribution >= 4 is 11.4 Å². The summed E-state index contributed by atoms with van der Waals surface area (Å²) >= 11 is 0. The molecule has 1 atom stereocenters. The Morgan fingerprint density at radius 2 is 2.19 bits per heavy atom. The Kier molecular flexibility index (Phi) is 4.28. The van der Waals surface area contributed by atoms with Gasteiger partial charge >= 0.3 is 0 Å². The van der Waals surface area contributed by atoms with Gasteiger partial charge in [-0.25, -0.2) is 0 Å². The van der Waals surface area contributed by atoms with Gasteiger partial charge in [0.25, 0.3) is 5.69 Å². The highest BCUT2D eigenvalue weighted by atomic mass is 16.6. The second-order valence-corrected chi connectivity index (χ2v) is 4.04. The minimum absolute atomic E-state index is 0.175. The van der Waals surface area contributed by atoms with Crippen LogP contribution >= 0.6 is 0 Å². The smallest absolute Gasteiger partial charge is 0.274 e. The molecule has 0 saturated heterocycles. The first-order valence-electron chi connectivity index (χ1n) is 5.56. The number of hydrogen-bond acceptors (Lipinski definition) is 3. The number of hydrogen-bond donors (Lipinski definition) is 1. The Morgan fingerprint density at radius 1 is 1.50 bits per heavy atom. The first-order valence-corrected chi connectivity index (χ1v) is 5.56. The Balaban J connectivity index is 2.89. The molecule has 0 aromatic heterocycles. The maximum absolute atomic E-state index is 10.8. The molecule has 0 aliphatic carbocycles. The van der Waals surface area contributed by atoms with Crippen molar-refractivity contribution in [1.82, 2.24) is 0 Å². The summed E-state index contributed by atoms with van der Waals surface area (Å²) in [6, 6.07) is 5.47. The number of nitro benzene ring substituents is 1. The van der Waals surface area contributed by atoms with E-state index in [4.69, 9.17) is 0 Å². The minimum Gasteiger partial charge on any atom is -0.382 e. The lowest BCUT2D eigenvalue weighted by Crippen LogP contribution is -2.15. The average Bonchev–Trinajstić information content (AvgIpc) is 2.21. The summed E-state index contributed by atoms with van der Waals surface area (Å²) in [5, 5.41) is 14.1. The second-order valence-electron chi connectivity index (χ2n) is 4.04. The molecule has 0 fully saturated rings. The number of nitrogens with one attached hydrogen (secondary N) is 1. The topological polar surface area (TPSA) is 55.2 Å². The summed E-state index contributed by atoms with van der Waals surface area (Å²) < 4.78 is 0. The molecule has 4 nitrogen and oxygen atoms in total. The summed E-state index contributed by atoms with van der Waals surface area (Å²) in [4.78, 5) is 10.4. The van der Waals surface area contributed by atoms with Gasteiger partial charge in [-0.1, -0.05) is 19.4 Å². The second kappa shape index (κ2) is 5.49. The highest BCUT2D eigenvalue weighted by Gasteiger charge is 2.13. The van der Waals surface area contributed by atoms with Crippen LogP contribution in [0, 0.1) is 17.0 Å². The molecule has 1 aromatic carbocycles. The molecule has 0 heterocycles. The van der Waals surface area contributed by atoms with E-state index >= 15 is 0 Å². The lowest BCUT2D eigenvalue weighted by atomic mass is 10.1. The van der Waals surface area contributed by atoms with E-state index in [-0.39, 0.29) is 10.6 Å². The summed E-state index contributed by atoms with van der Waals surface area (Å²) in [6.07, 6.45) is 2.16. The van der Waals surface area contributed by atoms with Crippen LogP contribution in [0.4, 0.5) is 11.4 Å². The standard InChI is InChI=1S/C12H18N2O2/c1-4-6-9(2)13-11-7-5-8-12(10(11)3)14(15)16/h5,7-9,13H,4,6H2,1-3H3. The van der Waals surface area contributed by atoms with Gasteiger partial charge in [-0.05, 0) is 26.3 Å². The van der Waals surface area contributed by atoms with Gasteiger partial charge in [-0.2, -0.15) is 0 Å². The lowest BCUT2D eigenvalue weighted by molar-refractivity contribution is -0.385. The van der Waals surface area contributed by atoms with E-state index in [9.17, 15) is 10.1 Å². The molecule has 0 aliphatic heterocycles. The van der Waals surface area contributed by atoms with Gasteiger partial charge in [0.15, 0.2) is 0 Å². The molecular weight excluding hydrogens is 204 g/mol. The summed E-state index contributed by atoms with van der Waals surface area (Å²) in [6.45, 7) is 5.99. The molecule has 0 spiro atoms. The van der Waals surface area contributed by atoms with Crippen molar-refractivity contribution in [2.24, 2.45) is 0 Å². The Labute approximate surface area is 95.8 Å². The maximum Gasteiger partial charge on any atom is 0.274 e. The largest absolute Gasteiger partial charge is 0.382 e. The van der Waals surface area contributed by atoms with Crippen LogP contribution in [0.5, 0.6) is 0 Å². The highest BCUT2D eigenvalue weighted by Crippen LogP contribution is 2.25. The van der Waals surface area contributed by atoms with Crippen molar-refractivity contribution in [2.75, 3.05) is 5.32 Å². The maximum atomic E-state index is 10.8. The number of nitro groups is 1. The zero-order valence-corrected chi connectivity index (χ0v) is 9.99. The number of anilines is 1. The zero-order valence-electron chi connectivity index (χ0n) is 9.99. The van der Waals surface area contributed by atoms with Crippen molar-refractivity contribution in [3.63, 3.8) is 0 Å². The quantitative estimate of drug-likeness (QED) is 0.612. The minimum atomic E-state index is -0.342. The van der Waals surface area contributed by atoms with Crippen LogP contribution in [0.25, 0.3) is 0 Å². The summed E-state index contributed by atoms with van der Waals surface area (Å²) in [5.41, 5.74) is 1.74. The Morgan fingerprint density at radius 3 is 2.75 bits per heavy atom. The van der Waals surface area contributed by atoms with E-state index < -0.39 is 0 Å². The molecule has 1 aromatic rings. The molecule has 0 bridgehead atoms.